The smallest absolute Gasteiger partial charge is 0.427 e. The number of piperidine rings is 1. The van der Waals surface area contributed by atoms with Gasteiger partial charge in [-0.1, -0.05) is 30.3 Å². The van der Waals surface area contributed by atoms with E-state index in [0.29, 0.717) is 24.5 Å². The molecule has 8 nitrogen and oxygen atoms in total. The number of likely N-dealkylation sites (tertiary alicyclic amines) is 1. The van der Waals surface area contributed by atoms with Crippen LogP contribution < -0.4 is 9.04 Å². The summed E-state index contributed by atoms with van der Waals surface area (Å²) in [6.07, 6.45) is 0.957. The largest absolute Gasteiger partial charge is 0.493 e. The molecule has 1 unspecified atom stereocenters. The molecule has 1 saturated heterocycles. The second-order valence-corrected chi connectivity index (χ2v) is 11.1. The third-order valence-electron chi connectivity index (χ3n) is 6.56. The van der Waals surface area contributed by atoms with Crippen LogP contribution >= 0.6 is 11.3 Å². The highest BCUT2D eigenvalue weighted by molar-refractivity contribution is 7.93. The minimum Gasteiger partial charge on any atom is -0.493 e. The quantitative estimate of drug-likeness (QED) is 0.516. The fourth-order valence-electron chi connectivity index (χ4n) is 4.96. The summed E-state index contributed by atoms with van der Waals surface area (Å²) in [5.41, 5.74) is 3.16. The van der Waals surface area contributed by atoms with E-state index in [1.807, 2.05) is 18.2 Å². The molecule has 2 atom stereocenters. The third kappa shape index (κ3) is 4.51. The summed E-state index contributed by atoms with van der Waals surface area (Å²) in [6, 6.07) is 12.5. The summed E-state index contributed by atoms with van der Waals surface area (Å²) in [7, 11) is -4.77. The highest BCUT2D eigenvalue weighted by Gasteiger charge is 2.38. The highest BCUT2D eigenvalue weighted by Crippen LogP contribution is 2.42. The van der Waals surface area contributed by atoms with E-state index >= 15 is 4.39 Å². The van der Waals surface area contributed by atoms with E-state index in [9.17, 15) is 18.3 Å². The number of nitrogens with zero attached hydrogens (tertiary/aromatic N) is 3. The number of anilines is 1. The maximum Gasteiger partial charge on any atom is 0.427 e. The normalized spacial score (nSPS) is 20.6. The molecule has 1 aromatic heterocycles. The molecule has 3 aromatic rings. The van der Waals surface area contributed by atoms with Crippen LogP contribution in [0.15, 0.2) is 58.3 Å². The number of thiazole rings is 1. The predicted molar refractivity (Wildman–Crippen MR) is 129 cm³/mol. The maximum absolute atomic E-state index is 15.3. The molecule has 1 amide bonds. The van der Waals surface area contributed by atoms with Crippen LogP contribution in [-0.4, -0.2) is 49.2 Å². The fourth-order valence-corrected chi connectivity index (χ4v) is 6.86. The lowest BCUT2D eigenvalue weighted by atomic mass is 9.88. The van der Waals surface area contributed by atoms with Gasteiger partial charge in [0.2, 0.25) is 0 Å². The van der Waals surface area contributed by atoms with Crippen LogP contribution in [0, 0.1) is 5.82 Å². The first-order chi connectivity index (χ1) is 16.9. The van der Waals surface area contributed by atoms with Crippen molar-refractivity contribution in [2.45, 2.75) is 36.1 Å². The van der Waals surface area contributed by atoms with Gasteiger partial charge in [-0.25, -0.2) is 22.6 Å². The lowest BCUT2D eigenvalue weighted by molar-refractivity contribution is 0.108. The standard InChI is InChI=1S/C24H24FN3O5S2/c25-19-11-18-20(27-9-4-7-17(13-27)16-5-2-1-3-6-16)8-10-33-21(18)12-22(19)35(31,32)28(24(29)30)23-14-34-15-26-23/h1-3,5-6,11-12,14-15,17,20H,4,7-10,13H2,(H,29,30)/t17-,20?/m1/s1. The van der Waals surface area contributed by atoms with Crippen molar-refractivity contribution >= 4 is 33.3 Å². The lowest BCUT2D eigenvalue weighted by Gasteiger charge is -2.41. The Hall–Kier alpha value is -3.02. The highest BCUT2D eigenvalue weighted by atomic mass is 32.2. The Morgan fingerprint density at radius 3 is 2.74 bits per heavy atom. The first kappa shape index (κ1) is 23.7. The topological polar surface area (TPSA) is 100 Å². The maximum atomic E-state index is 15.3. The van der Waals surface area contributed by atoms with Crippen molar-refractivity contribution in [3.8, 4) is 5.75 Å². The molecule has 2 aliphatic heterocycles. The van der Waals surface area contributed by atoms with Crippen molar-refractivity contribution < 1.29 is 27.4 Å². The van der Waals surface area contributed by atoms with Crippen LogP contribution in [0.3, 0.4) is 0 Å². The van der Waals surface area contributed by atoms with Crippen LogP contribution in [0.5, 0.6) is 5.75 Å². The molecule has 2 aliphatic rings. The van der Waals surface area contributed by atoms with Gasteiger partial charge >= 0.3 is 6.09 Å². The molecule has 0 bridgehead atoms. The lowest BCUT2D eigenvalue weighted by Crippen LogP contribution is -2.40. The number of halogens is 1. The Morgan fingerprint density at radius 2 is 2.03 bits per heavy atom. The van der Waals surface area contributed by atoms with Gasteiger partial charge in [0.15, 0.2) is 5.82 Å². The number of carbonyl (C=O) groups is 1. The number of ether oxygens (including phenoxy) is 1. The number of fused-ring (bicyclic) bond motifs is 1. The zero-order chi connectivity index (χ0) is 24.6. The Labute approximate surface area is 206 Å². The van der Waals surface area contributed by atoms with Crippen LogP contribution in [0.1, 0.15) is 42.3 Å². The summed E-state index contributed by atoms with van der Waals surface area (Å²) in [6.45, 7) is 2.02. The Bertz CT molecular complexity index is 1320. The number of hydrogen-bond acceptors (Lipinski definition) is 7. The average molecular weight is 518 g/mol. The number of carboxylic acid groups (broad SMARTS) is 1. The minimum atomic E-state index is -4.77. The van der Waals surface area contributed by atoms with Crippen LogP contribution in [0.2, 0.25) is 0 Å². The molecule has 0 aliphatic carbocycles. The first-order valence-corrected chi connectivity index (χ1v) is 13.7. The third-order valence-corrected chi connectivity index (χ3v) is 8.82. The molecule has 2 aromatic carbocycles. The monoisotopic (exact) mass is 517 g/mol. The Morgan fingerprint density at radius 1 is 1.23 bits per heavy atom. The van der Waals surface area contributed by atoms with Gasteiger partial charge in [-0.15, -0.1) is 15.6 Å². The van der Waals surface area contributed by atoms with Gasteiger partial charge in [0, 0.05) is 36.0 Å². The summed E-state index contributed by atoms with van der Waals surface area (Å²) in [5, 5.41) is 10.8. The summed E-state index contributed by atoms with van der Waals surface area (Å²) < 4.78 is 47.5. The number of rotatable bonds is 5. The van der Waals surface area contributed by atoms with E-state index in [1.54, 1.807) is 0 Å². The Balaban J connectivity index is 1.47. The zero-order valence-electron chi connectivity index (χ0n) is 18.7. The number of aromatic nitrogens is 1. The van der Waals surface area contributed by atoms with Gasteiger partial charge in [-0.3, -0.25) is 4.90 Å². The zero-order valence-corrected chi connectivity index (χ0v) is 20.3. The molecule has 184 valence electrons. The molecule has 0 spiro atoms. The van der Waals surface area contributed by atoms with Gasteiger partial charge in [0.05, 0.1) is 12.1 Å². The molecule has 5 rings (SSSR count). The molecular formula is C24H24FN3O5S2. The molecule has 1 N–H and O–H groups in total. The van der Waals surface area contributed by atoms with Crippen molar-refractivity contribution in [2.24, 2.45) is 0 Å². The average Bonchev–Trinajstić information content (AvgIpc) is 3.37. The number of benzene rings is 2. The van der Waals surface area contributed by atoms with Crippen molar-refractivity contribution in [2.75, 3.05) is 24.0 Å². The minimum absolute atomic E-state index is 0.0870. The summed E-state index contributed by atoms with van der Waals surface area (Å²) in [5.74, 6) is -0.703. The summed E-state index contributed by atoms with van der Waals surface area (Å²) >= 11 is 1.03. The van der Waals surface area contributed by atoms with Gasteiger partial charge in [-0.05, 0) is 36.9 Å². The first-order valence-electron chi connectivity index (χ1n) is 11.3. The van der Waals surface area contributed by atoms with Crippen molar-refractivity contribution in [1.82, 2.24) is 9.88 Å². The van der Waals surface area contributed by atoms with Crippen LogP contribution in [0.25, 0.3) is 0 Å². The SMILES string of the molecule is O=C(O)N(c1cscn1)S(=O)(=O)c1cc2c(cc1F)C(N1CCC[C@@H](c3ccccc3)C1)CCO2. The van der Waals surface area contributed by atoms with Gasteiger partial charge in [0.25, 0.3) is 10.0 Å². The number of hydrogen-bond donors (Lipinski definition) is 1. The molecule has 1 fully saturated rings. The number of amides is 1. The van der Waals surface area contributed by atoms with Gasteiger partial charge in [-0.2, -0.15) is 0 Å². The molecular weight excluding hydrogens is 493 g/mol. The van der Waals surface area contributed by atoms with E-state index in [0.717, 1.165) is 43.3 Å². The van der Waals surface area contributed by atoms with E-state index < -0.39 is 26.8 Å². The molecule has 35 heavy (non-hydrogen) atoms. The van der Waals surface area contributed by atoms with Gasteiger partial charge in [0.1, 0.15) is 16.5 Å². The molecule has 11 heteroatoms. The van der Waals surface area contributed by atoms with E-state index in [1.165, 1.54) is 22.5 Å². The van der Waals surface area contributed by atoms with Crippen LogP contribution in [-0.2, 0) is 10.0 Å². The van der Waals surface area contributed by atoms with E-state index in [-0.39, 0.29) is 21.9 Å². The van der Waals surface area contributed by atoms with E-state index in [2.05, 4.69) is 22.0 Å². The molecule has 3 heterocycles. The van der Waals surface area contributed by atoms with Crippen molar-refractivity contribution in [3.63, 3.8) is 0 Å². The molecule has 0 saturated carbocycles. The predicted octanol–water partition coefficient (Wildman–Crippen LogP) is 4.86. The van der Waals surface area contributed by atoms with Crippen molar-refractivity contribution in [3.05, 3.63) is 70.3 Å². The van der Waals surface area contributed by atoms with Crippen molar-refractivity contribution in [1.29, 1.82) is 0 Å². The van der Waals surface area contributed by atoms with E-state index in [4.69, 9.17) is 4.74 Å². The fraction of sp³-hybridized carbons (Fsp3) is 0.333. The second kappa shape index (κ2) is 9.56. The second-order valence-electron chi connectivity index (χ2n) is 8.62. The van der Waals surface area contributed by atoms with Crippen LogP contribution in [0.4, 0.5) is 15.0 Å². The Kier molecular flexibility index (Phi) is 6.47. The summed E-state index contributed by atoms with van der Waals surface area (Å²) in [4.78, 5) is 17.1. The van der Waals surface area contributed by atoms with Gasteiger partial charge < -0.3 is 9.84 Å². The molecule has 0 radical (unpaired) electrons. The number of sulfonamides is 1.